The lowest BCUT2D eigenvalue weighted by molar-refractivity contribution is -0.128. The fraction of sp³-hybridized carbons (Fsp3) is 0.281. The summed E-state index contributed by atoms with van der Waals surface area (Å²) in [6, 6.07) is 18.5. The highest BCUT2D eigenvalue weighted by molar-refractivity contribution is 7.16. The molecule has 1 aliphatic rings. The minimum atomic E-state index is -1.09. The number of nitrogens with zero attached hydrogens (tertiary/aromatic N) is 1. The van der Waals surface area contributed by atoms with Gasteiger partial charge in [-0.25, -0.2) is 4.39 Å². The highest BCUT2D eigenvalue weighted by Crippen LogP contribution is 2.52. The highest BCUT2D eigenvalue weighted by atomic mass is 35.5. The Morgan fingerprint density at radius 1 is 1.05 bits per heavy atom. The van der Waals surface area contributed by atoms with E-state index in [-0.39, 0.29) is 19.0 Å². The van der Waals surface area contributed by atoms with Crippen molar-refractivity contribution in [2.24, 2.45) is 5.73 Å². The van der Waals surface area contributed by atoms with Gasteiger partial charge in [-0.3, -0.25) is 15.0 Å². The van der Waals surface area contributed by atoms with Crippen LogP contribution in [-0.4, -0.2) is 52.9 Å². The quantitative estimate of drug-likeness (QED) is 0.142. The van der Waals surface area contributed by atoms with Gasteiger partial charge in [-0.1, -0.05) is 65.1 Å². The number of thiophene rings is 1. The molecule has 1 amide bonds. The number of aliphatic hydroxyl groups is 2. The van der Waals surface area contributed by atoms with Crippen molar-refractivity contribution in [1.29, 1.82) is 0 Å². The van der Waals surface area contributed by atoms with Crippen LogP contribution in [0.4, 0.5) is 4.39 Å². The van der Waals surface area contributed by atoms with E-state index in [4.69, 9.17) is 45.3 Å². The molecule has 0 saturated carbocycles. The molecule has 1 aliphatic heterocycles. The summed E-state index contributed by atoms with van der Waals surface area (Å²) in [6.45, 7) is 0.817. The third kappa shape index (κ3) is 7.06. The molecule has 232 valence electrons. The number of carbonyl (C=O) groups is 1. The third-order valence-corrected chi connectivity index (χ3v) is 9.83. The Kier molecular flexibility index (Phi) is 10.5. The van der Waals surface area contributed by atoms with Crippen molar-refractivity contribution in [2.75, 3.05) is 26.3 Å². The summed E-state index contributed by atoms with van der Waals surface area (Å²) in [4.78, 5) is 15.8. The van der Waals surface area contributed by atoms with E-state index in [0.29, 0.717) is 69.3 Å². The molecule has 44 heavy (non-hydrogen) atoms. The van der Waals surface area contributed by atoms with Gasteiger partial charge >= 0.3 is 0 Å². The van der Waals surface area contributed by atoms with Crippen LogP contribution in [0.1, 0.15) is 29.5 Å². The van der Waals surface area contributed by atoms with E-state index >= 15 is 0 Å². The molecule has 1 atom stereocenters. The molecule has 12 heteroatoms. The van der Waals surface area contributed by atoms with E-state index in [1.807, 2.05) is 23.1 Å². The largest absolute Gasteiger partial charge is 0.489 e. The third-order valence-electron chi connectivity index (χ3n) is 7.78. The van der Waals surface area contributed by atoms with E-state index in [1.54, 1.807) is 36.4 Å². The van der Waals surface area contributed by atoms with Gasteiger partial charge in [-0.2, -0.15) is 0 Å². The Labute approximate surface area is 273 Å². The minimum absolute atomic E-state index is 0.00290. The molecule has 1 unspecified atom stereocenters. The summed E-state index contributed by atoms with van der Waals surface area (Å²) in [5, 5.41) is 26.2. The number of hydrogen-bond acceptors (Lipinski definition) is 7. The van der Waals surface area contributed by atoms with Crippen LogP contribution < -0.4 is 15.8 Å². The van der Waals surface area contributed by atoms with E-state index < -0.39 is 17.7 Å². The van der Waals surface area contributed by atoms with Crippen LogP contribution in [0.15, 0.2) is 66.7 Å². The number of amides is 1. The number of hydrogen-bond donors (Lipinski definition) is 4. The predicted molar refractivity (Wildman–Crippen MR) is 174 cm³/mol. The van der Waals surface area contributed by atoms with Gasteiger partial charge in [0.15, 0.2) is 0 Å². The molecule has 0 radical (unpaired) electrons. The van der Waals surface area contributed by atoms with Crippen molar-refractivity contribution < 1.29 is 24.1 Å². The number of rotatable bonds is 11. The molecule has 1 saturated heterocycles. The first-order valence-corrected chi connectivity index (χ1v) is 15.9. The summed E-state index contributed by atoms with van der Waals surface area (Å²) in [5.74, 6) is -0.403. The SMILES string of the molecule is NC(=O)C1(NCc2ccc(F)cc2)CCN(C(O)c2sc(-c3ccc(Cl)cc3Cl)c(-c3ccc(Cl)cc3)c2OCCO)CC1. The average Bonchev–Trinajstić information content (AvgIpc) is 3.38. The summed E-state index contributed by atoms with van der Waals surface area (Å²) < 4.78 is 19.5. The fourth-order valence-corrected chi connectivity index (χ4v) is 7.35. The molecule has 0 bridgehead atoms. The minimum Gasteiger partial charge on any atom is -0.489 e. The molecular weight excluding hydrogens is 648 g/mol. The van der Waals surface area contributed by atoms with Gasteiger partial charge in [-0.15, -0.1) is 11.3 Å². The molecule has 2 heterocycles. The Balaban J connectivity index is 1.48. The molecule has 7 nitrogen and oxygen atoms in total. The van der Waals surface area contributed by atoms with Crippen LogP contribution in [0.5, 0.6) is 5.75 Å². The Hall–Kier alpha value is -2.73. The molecule has 5 rings (SSSR count). The zero-order valence-corrected chi connectivity index (χ0v) is 26.6. The fourth-order valence-electron chi connectivity index (χ4n) is 5.34. The van der Waals surface area contributed by atoms with Crippen molar-refractivity contribution in [3.8, 4) is 27.3 Å². The van der Waals surface area contributed by atoms with Crippen LogP contribution in [0.3, 0.4) is 0 Å². The summed E-state index contributed by atoms with van der Waals surface area (Å²) >= 11 is 20.4. The number of nitrogens with one attached hydrogen (secondary N) is 1. The Bertz CT molecular complexity index is 1610. The number of piperidine rings is 1. The lowest BCUT2D eigenvalue weighted by atomic mass is 9.86. The lowest BCUT2D eigenvalue weighted by Gasteiger charge is -2.41. The van der Waals surface area contributed by atoms with Gasteiger partial charge in [0.05, 0.1) is 16.5 Å². The maximum Gasteiger partial charge on any atom is 0.237 e. The summed E-state index contributed by atoms with van der Waals surface area (Å²) in [6.07, 6.45) is -0.403. The van der Waals surface area contributed by atoms with Crippen molar-refractivity contribution in [2.45, 2.75) is 31.2 Å². The van der Waals surface area contributed by atoms with Crippen LogP contribution in [0.2, 0.25) is 15.1 Å². The number of carbonyl (C=O) groups excluding carboxylic acids is 1. The molecule has 5 N–H and O–H groups in total. The molecule has 3 aromatic carbocycles. The highest BCUT2D eigenvalue weighted by Gasteiger charge is 2.42. The van der Waals surface area contributed by atoms with Crippen LogP contribution in [0.25, 0.3) is 21.6 Å². The van der Waals surface area contributed by atoms with Gasteiger partial charge < -0.3 is 20.7 Å². The van der Waals surface area contributed by atoms with Gasteiger partial charge in [0, 0.05) is 45.7 Å². The zero-order valence-electron chi connectivity index (χ0n) is 23.5. The maximum atomic E-state index is 13.4. The predicted octanol–water partition coefficient (Wildman–Crippen LogP) is 6.65. The van der Waals surface area contributed by atoms with Crippen molar-refractivity contribution in [1.82, 2.24) is 10.2 Å². The van der Waals surface area contributed by atoms with Gasteiger partial charge in [0.25, 0.3) is 0 Å². The number of likely N-dealkylation sites (tertiary alicyclic amines) is 1. The second kappa shape index (κ2) is 14.1. The first-order chi connectivity index (χ1) is 21.1. The molecule has 0 spiro atoms. The van der Waals surface area contributed by atoms with E-state index in [9.17, 15) is 19.4 Å². The van der Waals surface area contributed by atoms with Gasteiger partial charge in [0.2, 0.25) is 5.91 Å². The van der Waals surface area contributed by atoms with E-state index in [1.165, 1.54) is 23.5 Å². The second-order valence-corrected chi connectivity index (χ2v) is 12.9. The topological polar surface area (TPSA) is 108 Å². The van der Waals surface area contributed by atoms with Crippen LogP contribution in [0, 0.1) is 5.82 Å². The molecule has 1 aromatic heterocycles. The van der Waals surface area contributed by atoms with Crippen molar-refractivity contribution >= 4 is 52.0 Å². The first-order valence-electron chi connectivity index (χ1n) is 13.9. The van der Waals surface area contributed by atoms with E-state index in [2.05, 4.69) is 5.32 Å². The van der Waals surface area contributed by atoms with Gasteiger partial charge in [0.1, 0.15) is 29.9 Å². The number of nitrogens with two attached hydrogens (primary N) is 1. The summed E-state index contributed by atoms with van der Waals surface area (Å²) in [7, 11) is 0. The first kappa shape index (κ1) is 32.7. The monoisotopic (exact) mass is 677 g/mol. The van der Waals surface area contributed by atoms with Crippen LogP contribution in [-0.2, 0) is 11.3 Å². The van der Waals surface area contributed by atoms with Crippen molar-refractivity contribution in [3.63, 3.8) is 0 Å². The Morgan fingerprint density at radius 3 is 2.32 bits per heavy atom. The average molecular weight is 679 g/mol. The normalized spacial score (nSPS) is 15.7. The lowest BCUT2D eigenvalue weighted by Crippen LogP contribution is -2.60. The number of benzene rings is 3. The number of halogens is 4. The number of aliphatic hydroxyl groups excluding tert-OH is 2. The zero-order chi connectivity index (χ0) is 31.4. The number of primary amides is 1. The van der Waals surface area contributed by atoms with Gasteiger partial charge in [-0.05, 0) is 60.4 Å². The Morgan fingerprint density at radius 2 is 1.70 bits per heavy atom. The van der Waals surface area contributed by atoms with Crippen molar-refractivity contribution in [3.05, 3.63) is 98.1 Å². The molecule has 4 aromatic rings. The molecule has 0 aliphatic carbocycles. The van der Waals surface area contributed by atoms with E-state index in [0.717, 1.165) is 16.0 Å². The number of ether oxygens (including phenoxy) is 1. The molecular formula is C32H31Cl3FN3O4S. The van der Waals surface area contributed by atoms with Crippen LogP contribution >= 0.6 is 46.1 Å². The second-order valence-electron chi connectivity index (χ2n) is 10.5. The standard InChI is InChI=1S/C32H31Cl3FN3O4S/c33-21-5-3-20(4-6-21)26-27(43-16-15-40)29(44-28(26)24-10-7-22(34)17-25(24)35)30(41)39-13-11-32(12-14-39,31(37)42)38-18-19-1-8-23(36)9-2-19/h1-10,17,30,38,40-41H,11-16,18H2,(H2,37,42). The smallest absolute Gasteiger partial charge is 0.237 e. The maximum absolute atomic E-state index is 13.4. The summed E-state index contributed by atoms with van der Waals surface area (Å²) in [5.41, 5.74) is 7.89. The molecule has 1 fully saturated rings.